The maximum Gasteiger partial charge on any atom is 0.314 e. The summed E-state index contributed by atoms with van der Waals surface area (Å²) in [4.78, 5) is 21.9. The van der Waals surface area contributed by atoms with Crippen molar-refractivity contribution >= 4 is 12.0 Å². The number of carbonyl (C=O) groups excluding carboxylic acids is 1. The second kappa shape index (κ2) is 9.55. The van der Waals surface area contributed by atoms with Crippen LogP contribution in [-0.4, -0.2) is 54.1 Å². The minimum absolute atomic E-state index is 0.116. The number of carboxylic acids is 1. The number of ether oxygens (including phenoxy) is 1. The number of hydrogen-bond acceptors (Lipinski definition) is 4. The molecule has 0 saturated carbocycles. The largest absolute Gasteiger partial charge is 0.481 e. The van der Waals surface area contributed by atoms with Crippen molar-refractivity contribution < 1.29 is 24.5 Å². The summed E-state index contributed by atoms with van der Waals surface area (Å²) in [5, 5.41) is 23.3. The summed E-state index contributed by atoms with van der Waals surface area (Å²) in [5.74, 6) is -0.623. The molecule has 7 nitrogen and oxygen atoms in total. The zero-order chi connectivity index (χ0) is 15.6. The molecule has 1 atom stereocenters. The summed E-state index contributed by atoms with van der Waals surface area (Å²) in [7, 11) is 0. The highest BCUT2D eigenvalue weighted by Gasteiger charge is 2.24. The lowest BCUT2D eigenvalue weighted by Gasteiger charge is -2.21. The van der Waals surface area contributed by atoms with Crippen LogP contribution < -0.4 is 10.6 Å². The van der Waals surface area contributed by atoms with E-state index in [1.807, 2.05) is 0 Å². The minimum Gasteiger partial charge on any atom is -0.481 e. The second-order valence-electron chi connectivity index (χ2n) is 5.50. The molecular weight excluding hydrogens is 264 g/mol. The molecule has 1 unspecified atom stereocenters. The van der Waals surface area contributed by atoms with Crippen LogP contribution in [0.3, 0.4) is 0 Å². The normalized spacial score (nSPS) is 13.8. The van der Waals surface area contributed by atoms with Crippen LogP contribution in [0.25, 0.3) is 0 Å². The topological polar surface area (TPSA) is 108 Å². The van der Waals surface area contributed by atoms with Gasteiger partial charge in [0.25, 0.3) is 0 Å². The van der Waals surface area contributed by atoms with E-state index in [0.717, 1.165) is 0 Å². The summed E-state index contributed by atoms with van der Waals surface area (Å²) in [6, 6.07) is -0.431. The van der Waals surface area contributed by atoms with Gasteiger partial charge in [0.15, 0.2) is 0 Å². The number of urea groups is 1. The number of rotatable bonds is 10. The van der Waals surface area contributed by atoms with Gasteiger partial charge in [-0.15, -0.1) is 0 Å². The Labute approximate surface area is 119 Å². The summed E-state index contributed by atoms with van der Waals surface area (Å²) < 4.78 is 5.36. The van der Waals surface area contributed by atoms with Crippen molar-refractivity contribution in [2.75, 3.05) is 26.3 Å². The van der Waals surface area contributed by atoms with E-state index in [0.29, 0.717) is 32.1 Å². The maximum absolute atomic E-state index is 11.4. The van der Waals surface area contributed by atoms with Gasteiger partial charge in [0.1, 0.15) is 0 Å². The predicted molar refractivity (Wildman–Crippen MR) is 74.6 cm³/mol. The van der Waals surface area contributed by atoms with Crippen LogP contribution in [0.15, 0.2) is 0 Å². The van der Waals surface area contributed by atoms with Gasteiger partial charge in [-0.3, -0.25) is 4.79 Å². The van der Waals surface area contributed by atoms with Crippen molar-refractivity contribution in [2.24, 2.45) is 5.92 Å². The van der Waals surface area contributed by atoms with E-state index in [9.17, 15) is 14.7 Å². The van der Waals surface area contributed by atoms with Crippen molar-refractivity contribution in [3.63, 3.8) is 0 Å². The molecule has 0 rings (SSSR count). The van der Waals surface area contributed by atoms with Gasteiger partial charge in [-0.05, 0) is 19.3 Å². The van der Waals surface area contributed by atoms with E-state index < -0.39 is 24.0 Å². The van der Waals surface area contributed by atoms with Crippen molar-refractivity contribution in [3.8, 4) is 0 Å². The van der Waals surface area contributed by atoms with E-state index >= 15 is 0 Å². The third-order valence-corrected chi connectivity index (χ3v) is 2.36. The van der Waals surface area contributed by atoms with Crippen LogP contribution in [-0.2, 0) is 9.53 Å². The van der Waals surface area contributed by atoms with E-state index in [1.165, 1.54) is 6.92 Å². The fraction of sp³-hybridized carbons (Fsp3) is 0.846. The van der Waals surface area contributed by atoms with E-state index in [2.05, 4.69) is 24.5 Å². The van der Waals surface area contributed by atoms with E-state index in [4.69, 9.17) is 9.84 Å². The molecular formula is C13H26N2O5. The highest BCUT2D eigenvalue weighted by molar-refractivity contribution is 5.74. The second-order valence-corrected chi connectivity index (χ2v) is 5.50. The monoisotopic (exact) mass is 290 g/mol. The Hall–Kier alpha value is -1.34. The lowest BCUT2D eigenvalue weighted by Crippen LogP contribution is -2.46. The average molecular weight is 290 g/mol. The van der Waals surface area contributed by atoms with Crippen molar-refractivity contribution in [3.05, 3.63) is 0 Å². The summed E-state index contributed by atoms with van der Waals surface area (Å²) in [6.07, 6.45) is 0.280. The Balaban J connectivity index is 3.61. The van der Waals surface area contributed by atoms with Gasteiger partial charge in [0.05, 0.1) is 12.0 Å². The Morgan fingerprint density at radius 3 is 2.50 bits per heavy atom. The Morgan fingerprint density at radius 1 is 1.30 bits per heavy atom. The van der Waals surface area contributed by atoms with Gasteiger partial charge in [0.2, 0.25) is 0 Å². The van der Waals surface area contributed by atoms with Crippen molar-refractivity contribution in [1.29, 1.82) is 0 Å². The zero-order valence-electron chi connectivity index (χ0n) is 12.4. The number of amides is 2. The van der Waals surface area contributed by atoms with Crippen molar-refractivity contribution in [1.82, 2.24) is 10.6 Å². The molecule has 0 aromatic heterocycles. The molecule has 2 amide bonds. The number of carboxylic acid groups (broad SMARTS) is 1. The smallest absolute Gasteiger partial charge is 0.314 e. The standard InChI is InChI=1S/C13H26N2O5/c1-10(2)8-20-6-4-5-14-12(18)15-9-13(3,19)7-11(16)17/h10,19H,4-9H2,1-3H3,(H,16,17)(H2,14,15,18). The van der Waals surface area contributed by atoms with Gasteiger partial charge in [0, 0.05) is 26.3 Å². The van der Waals surface area contributed by atoms with Gasteiger partial charge in [-0.2, -0.15) is 0 Å². The molecule has 0 aliphatic rings. The molecule has 0 bridgehead atoms. The Kier molecular flexibility index (Phi) is 8.91. The predicted octanol–water partition coefficient (Wildman–Crippen LogP) is 0.574. The van der Waals surface area contributed by atoms with E-state index in [-0.39, 0.29) is 6.54 Å². The first-order valence-electron chi connectivity index (χ1n) is 6.76. The molecule has 0 fully saturated rings. The average Bonchev–Trinajstić information content (AvgIpc) is 2.29. The molecule has 118 valence electrons. The molecule has 4 N–H and O–H groups in total. The molecule has 0 aromatic carbocycles. The fourth-order valence-corrected chi connectivity index (χ4v) is 1.42. The first kappa shape index (κ1) is 18.7. The van der Waals surface area contributed by atoms with Crippen LogP contribution in [0.2, 0.25) is 0 Å². The zero-order valence-corrected chi connectivity index (χ0v) is 12.4. The van der Waals surface area contributed by atoms with Gasteiger partial charge >= 0.3 is 12.0 Å². The SMILES string of the molecule is CC(C)COCCCNC(=O)NCC(C)(O)CC(=O)O. The first-order chi connectivity index (χ1) is 9.23. The lowest BCUT2D eigenvalue weighted by molar-refractivity contribution is -0.141. The van der Waals surface area contributed by atoms with Crippen LogP contribution in [0.4, 0.5) is 4.79 Å². The molecule has 0 aliphatic heterocycles. The molecule has 0 saturated heterocycles. The van der Waals surface area contributed by atoms with Gasteiger partial charge in [-0.1, -0.05) is 13.8 Å². The fourth-order valence-electron chi connectivity index (χ4n) is 1.42. The Bertz CT molecular complexity index is 305. The molecule has 0 heterocycles. The highest BCUT2D eigenvalue weighted by atomic mass is 16.5. The van der Waals surface area contributed by atoms with Crippen LogP contribution in [0.5, 0.6) is 0 Å². The third kappa shape index (κ3) is 11.7. The molecule has 0 aliphatic carbocycles. The van der Waals surface area contributed by atoms with Gasteiger partial charge < -0.3 is 25.6 Å². The van der Waals surface area contributed by atoms with E-state index in [1.54, 1.807) is 0 Å². The maximum atomic E-state index is 11.4. The Morgan fingerprint density at radius 2 is 1.95 bits per heavy atom. The number of aliphatic carboxylic acids is 1. The summed E-state index contributed by atoms with van der Waals surface area (Å²) in [6.45, 7) is 7.12. The third-order valence-electron chi connectivity index (χ3n) is 2.36. The minimum atomic E-state index is -1.45. The number of carbonyl (C=O) groups is 2. The van der Waals surface area contributed by atoms with Crippen LogP contribution in [0, 0.1) is 5.92 Å². The summed E-state index contributed by atoms with van der Waals surface area (Å²) in [5.41, 5.74) is -1.45. The number of hydrogen-bond donors (Lipinski definition) is 4. The first-order valence-corrected chi connectivity index (χ1v) is 6.76. The molecule has 0 radical (unpaired) electrons. The van der Waals surface area contributed by atoms with Crippen LogP contribution in [0.1, 0.15) is 33.6 Å². The number of nitrogens with one attached hydrogen (secondary N) is 2. The quantitative estimate of drug-likeness (QED) is 0.440. The molecule has 7 heteroatoms. The highest BCUT2D eigenvalue weighted by Crippen LogP contribution is 2.06. The summed E-state index contributed by atoms with van der Waals surface area (Å²) >= 11 is 0. The molecule has 20 heavy (non-hydrogen) atoms. The lowest BCUT2D eigenvalue weighted by atomic mass is 10.0. The molecule has 0 aromatic rings. The number of aliphatic hydroxyl groups is 1. The van der Waals surface area contributed by atoms with Gasteiger partial charge in [-0.25, -0.2) is 4.79 Å². The molecule has 0 spiro atoms. The van der Waals surface area contributed by atoms with Crippen LogP contribution >= 0.6 is 0 Å². The van der Waals surface area contributed by atoms with Crippen molar-refractivity contribution in [2.45, 2.75) is 39.2 Å².